The largest absolute Gasteiger partial charge is 0.489 e. The maximum atomic E-state index is 13.2. The number of nitrogens with zero attached hydrogens (tertiary/aromatic N) is 2. The molecular weight excluding hydrogens is 480 g/mol. The number of esters is 1. The van der Waals surface area contributed by atoms with Crippen LogP contribution in [0.25, 0.3) is 0 Å². The number of hydrogen-bond acceptors (Lipinski definition) is 6. The van der Waals surface area contributed by atoms with Crippen molar-refractivity contribution in [1.29, 1.82) is 0 Å². The summed E-state index contributed by atoms with van der Waals surface area (Å²) in [6.45, 7) is 2.19. The SMILES string of the molecule is CCOC(=O)C(Cc1cc([N+](=O)[O-])ccc1OCc1ccccc1)N=C(c1ccccc1)c1ccccc1. The Hall–Kier alpha value is -4.78. The summed E-state index contributed by atoms with van der Waals surface area (Å²) < 4.78 is 11.4. The maximum Gasteiger partial charge on any atom is 0.331 e. The average molecular weight is 509 g/mol. The first-order chi connectivity index (χ1) is 18.5. The van der Waals surface area contributed by atoms with E-state index in [0.29, 0.717) is 17.0 Å². The third kappa shape index (κ3) is 6.91. The summed E-state index contributed by atoms with van der Waals surface area (Å²) in [4.78, 5) is 29.1. The van der Waals surface area contributed by atoms with Crippen molar-refractivity contribution in [3.8, 4) is 5.75 Å². The third-order valence-electron chi connectivity index (χ3n) is 5.84. The zero-order valence-electron chi connectivity index (χ0n) is 21.0. The Morgan fingerprint density at radius 2 is 1.45 bits per heavy atom. The van der Waals surface area contributed by atoms with Gasteiger partial charge in [0.05, 0.1) is 17.2 Å². The van der Waals surface area contributed by atoms with E-state index < -0.39 is 16.9 Å². The fourth-order valence-electron chi connectivity index (χ4n) is 4.01. The Bertz CT molecular complexity index is 1350. The third-order valence-corrected chi connectivity index (χ3v) is 5.84. The quantitative estimate of drug-likeness (QED) is 0.104. The highest BCUT2D eigenvalue weighted by atomic mass is 16.6. The maximum absolute atomic E-state index is 13.2. The Balaban J connectivity index is 1.75. The lowest BCUT2D eigenvalue weighted by atomic mass is 10.00. The second-order valence-electron chi connectivity index (χ2n) is 8.51. The van der Waals surface area contributed by atoms with Gasteiger partial charge < -0.3 is 9.47 Å². The molecule has 0 heterocycles. The number of aliphatic imine (C=N–C) groups is 1. The van der Waals surface area contributed by atoms with Gasteiger partial charge >= 0.3 is 5.97 Å². The molecule has 0 bridgehead atoms. The highest BCUT2D eigenvalue weighted by Gasteiger charge is 2.25. The number of hydrogen-bond donors (Lipinski definition) is 0. The van der Waals surface area contributed by atoms with Crippen molar-refractivity contribution in [3.05, 3.63) is 142 Å². The number of ether oxygens (including phenoxy) is 2. The van der Waals surface area contributed by atoms with Crippen LogP contribution in [0, 0.1) is 10.1 Å². The van der Waals surface area contributed by atoms with Crippen molar-refractivity contribution in [2.45, 2.75) is 26.0 Å². The van der Waals surface area contributed by atoms with Crippen LogP contribution < -0.4 is 4.74 Å². The molecule has 0 radical (unpaired) electrons. The van der Waals surface area contributed by atoms with Crippen LogP contribution in [0.2, 0.25) is 0 Å². The molecule has 192 valence electrons. The first-order valence-corrected chi connectivity index (χ1v) is 12.3. The summed E-state index contributed by atoms with van der Waals surface area (Å²) in [5, 5.41) is 11.6. The van der Waals surface area contributed by atoms with Gasteiger partial charge in [-0.25, -0.2) is 4.79 Å². The van der Waals surface area contributed by atoms with Gasteiger partial charge in [0.15, 0.2) is 6.04 Å². The van der Waals surface area contributed by atoms with E-state index in [2.05, 4.69) is 0 Å². The lowest BCUT2D eigenvalue weighted by molar-refractivity contribution is -0.384. The highest BCUT2D eigenvalue weighted by Crippen LogP contribution is 2.28. The molecule has 1 unspecified atom stereocenters. The van der Waals surface area contributed by atoms with E-state index in [1.807, 2.05) is 91.0 Å². The van der Waals surface area contributed by atoms with Crippen molar-refractivity contribution < 1.29 is 19.2 Å². The Labute approximate surface area is 221 Å². The molecule has 0 aliphatic heterocycles. The Morgan fingerprint density at radius 3 is 2.00 bits per heavy atom. The minimum atomic E-state index is -0.952. The average Bonchev–Trinajstić information content (AvgIpc) is 2.96. The van der Waals surface area contributed by atoms with E-state index in [1.54, 1.807) is 13.0 Å². The lowest BCUT2D eigenvalue weighted by Crippen LogP contribution is -2.26. The second kappa shape index (κ2) is 13.0. The lowest BCUT2D eigenvalue weighted by Gasteiger charge is -2.17. The molecule has 0 aromatic heterocycles. The molecular formula is C31H28N2O5. The predicted molar refractivity (Wildman–Crippen MR) is 147 cm³/mol. The van der Waals surface area contributed by atoms with Crippen LogP contribution in [0.1, 0.15) is 29.2 Å². The van der Waals surface area contributed by atoms with E-state index in [-0.39, 0.29) is 25.3 Å². The first kappa shape index (κ1) is 26.3. The van der Waals surface area contributed by atoms with Gasteiger partial charge in [0, 0.05) is 35.2 Å². The van der Waals surface area contributed by atoms with Gasteiger partial charge in [-0.15, -0.1) is 0 Å². The fraction of sp³-hybridized carbons (Fsp3) is 0.161. The normalized spacial score (nSPS) is 11.3. The zero-order chi connectivity index (χ0) is 26.7. The fourth-order valence-corrected chi connectivity index (χ4v) is 4.01. The van der Waals surface area contributed by atoms with Crippen LogP contribution >= 0.6 is 0 Å². The summed E-state index contributed by atoms with van der Waals surface area (Å²) in [5.74, 6) is -0.0673. The molecule has 1 atom stereocenters. The molecule has 0 spiro atoms. The van der Waals surface area contributed by atoms with Crippen molar-refractivity contribution in [2.75, 3.05) is 6.61 Å². The molecule has 0 N–H and O–H groups in total. The Morgan fingerprint density at radius 1 is 0.868 bits per heavy atom. The van der Waals surface area contributed by atoms with Crippen LogP contribution in [0.4, 0.5) is 5.69 Å². The van der Waals surface area contributed by atoms with Crippen LogP contribution in [-0.4, -0.2) is 29.3 Å². The van der Waals surface area contributed by atoms with Crippen molar-refractivity contribution in [3.63, 3.8) is 0 Å². The standard InChI is InChI=1S/C31H28N2O5/c1-2-37-31(34)28(32-30(24-14-8-4-9-15-24)25-16-10-5-11-17-25)21-26-20-27(33(35)36)18-19-29(26)38-22-23-12-6-3-7-13-23/h3-20,28H,2,21-22H2,1H3. The smallest absolute Gasteiger partial charge is 0.331 e. The zero-order valence-corrected chi connectivity index (χ0v) is 21.0. The predicted octanol–water partition coefficient (Wildman–Crippen LogP) is 6.19. The summed E-state index contributed by atoms with van der Waals surface area (Å²) >= 11 is 0. The Kier molecular flexibility index (Phi) is 8.97. The van der Waals surface area contributed by atoms with E-state index in [0.717, 1.165) is 16.7 Å². The van der Waals surface area contributed by atoms with E-state index in [4.69, 9.17) is 14.5 Å². The molecule has 7 heteroatoms. The molecule has 0 aliphatic carbocycles. The van der Waals surface area contributed by atoms with Crippen molar-refractivity contribution >= 4 is 17.4 Å². The minimum absolute atomic E-state index is 0.0633. The van der Waals surface area contributed by atoms with E-state index >= 15 is 0 Å². The molecule has 4 rings (SSSR count). The topological polar surface area (TPSA) is 91.0 Å². The van der Waals surface area contributed by atoms with Gasteiger partial charge in [-0.1, -0.05) is 91.0 Å². The van der Waals surface area contributed by atoms with Crippen LogP contribution in [0.5, 0.6) is 5.75 Å². The molecule has 0 amide bonds. The number of non-ortho nitro benzene ring substituents is 1. The molecule has 7 nitrogen and oxygen atoms in total. The van der Waals surface area contributed by atoms with Crippen molar-refractivity contribution in [2.24, 2.45) is 4.99 Å². The van der Waals surface area contributed by atoms with Crippen LogP contribution in [-0.2, 0) is 22.6 Å². The van der Waals surface area contributed by atoms with Gasteiger partial charge in [0.2, 0.25) is 0 Å². The number of benzene rings is 4. The van der Waals surface area contributed by atoms with E-state index in [9.17, 15) is 14.9 Å². The number of carbonyl (C=O) groups is 1. The van der Waals surface area contributed by atoms with Gasteiger partial charge in [0.1, 0.15) is 12.4 Å². The van der Waals surface area contributed by atoms with E-state index in [1.165, 1.54) is 12.1 Å². The molecule has 0 aliphatic rings. The minimum Gasteiger partial charge on any atom is -0.489 e. The number of carbonyl (C=O) groups excluding carboxylic acids is 1. The van der Waals surface area contributed by atoms with Crippen molar-refractivity contribution in [1.82, 2.24) is 0 Å². The molecule has 0 fully saturated rings. The molecule has 38 heavy (non-hydrogen) atoms. The first-order valence-electron chi connectivity index (χ1n) is 12.3. The molecule has 0 saturated heterocycles. The van der Waals surface area contributed by atoms with Gasteiger partial charge in [0.25, 0.3) is 5.69 Å². The summed E-state index contributed by atoms with van der Waals surface area (Å²) in [5.41, 5.74) is 3.66. The van der Waals surface area contributed by atoms with Crippen LogP contribution in [0.15, 0.2) is 114 Å². The number of rotatable bonds is 11. The molecule has 0 saturated carbocycles. The second-order valence-corrected chi connectivity index (χ2v) is 8.51. The van der Waals surface area contributed by atoms with Crippen LogP contribution in [0.3, 0.4) is 0 Å². The summed E-state index contributed by atoms with van der Waals surface area (Å²) in [6.07, 6.45) is 0.0633. The number of nitro benzene ring substituents is 1. The van der Waals surface area contributed by atoms with Gasteiger partial charge in [-0.2, -0.15) is 0 Å². The summed E-state index contributed by atoms with van der Waals surface area (Å²) in [6, 6.07) is 32.2. The molecule has 4 aromatic carbocycles. The number of nitro groups is 1. The van der Waals surface area contributed by atoms with Gasteiger partial charge in [-0.05, 0) is 18.6 Å². The molecule has 4 aromatic rings. The monoisotopic (exact) mass is 508 g/mol. The highest BCUT2D eigenvalue weighted by molar-refractivity contribution is 6.13. The summed E-state index contributed by atoms with van der Waals surface area (Å²) in [7, 11) is 0. The van der Waals surface area contributed by atoms with Gasteiger partial charge in [-0.3, -0.25) is 15.1 Å².